The monoisotopic (exact) mass is 303 g/mol. The molecule has 7 nitrogen and oxygen atoms in total. The molecule has 2 N–H and O–H groups in total. The molecule has 108 valence electrons. The molecule has 3 heterocycles. The zero-order valence-electron chi connectivity index (χ0n) is 11.1. The zero-order valence-corrected chi connectivity index (χ0v) is 11.9. The van der Waals surface area contributed by atoms with Crippen molar-refractivity contribution in [1.82, 2.24) is 24.7 Å². The summed E-state index contributed by atoms with van der Waals surface area (Å²) in [6.45, 7) is 0.260. The fraction of sp³-hybridized carbons (Fsp3) is 0.231. The molecule has 3 rings (SSSR count). The highest BCUT2D eigenvalue weighted by molar-refractivity contribution is 7.98. The molecule has 0 atom stereocenters. The van der Waals surface area contributed by atoms with E-state index in [-0.39, 0.29) is 12.2 Å². The summed E-state index contributed by atoms with van der Waals surface area (Å²) in [6, 6.07) is 3.83. The molecular formula is C13H13N5O2S. The minimum Gasteiger partial charge on any atom is -0.394 e. The van der Waals surface area contributed by atoms with Crippen molar-refractivity contribution in [3.63, 3.8) is 0 Å². The number of rotatable bonds is 5. The van der Waals surface area contributed by atoms with Gasteiger partial charge in [0.15, 0.2) is 10.8 Å². The Balaban J connectivity index is 1.88. The van der Waals surface area contributed by atoms with Crippen LogP contribution in [0.3, 0.4) is 0 Å². The van der Waals surface area contributed by atoms with Gasteiger partial charge in [0.05, 0.1) is 19.3 Å². The normalized spacial score (nSPS) is 11.1. The Morgan fingerprint density at radius 2 is 2.29 bits per heavy atom. The van der Waals surface area contributed by atoms with Gasteiger partial charge in [-0.15, -0.1) is 0 Å². The lowest BCUT2D eigenvalue weighted by Gasteiger charge is -2.03. The molecule has 3 aromatic rings. The second kappa shape index (κ2) is 6.06. The van der Waals surface area contributed by atoms with E-state index in [4.69, 9.17) is 5.11 Å². The summed E-state index contributed by atoms with van der Waals surface area (Å²) < 4.78 is 1.53. The summed E-state index contributed by atoms with van der Waals surface area (Å²) in [5.74, 6) is 0.663. The average molecular weight is 303 g/mol. The van der Waals surface area contributed by atoms with Crippen LogP contribution in [-0.4, -0.2) is 36.4 Å². The fourth-order valence-corrected chi connectivity index (χ4v) is 2.70. The van der Waals surface area contributed by atoms with Gasteiger partial charge in [-0.25, -0.2) is 9.67 Å². The maximum atomic E-state index is 12.0. The first-order chi connectivity index (χ1) is 10.3. The van der Waals surface area contributed by atoms with Crippen LogP contribution in [-0.2, 0) is 12.3 Å². The van der Waals surface area contributed by atoms with Crippen LogP contribution in [0.5, 0.6) is 0 Å². The van der Waals surface area contributed by atoms with Gasteiger partial charge in [-0.3, -0.25) is 9.78 Å². The van der Waals surface area contributed by atoms with E-state index in [9.17, 15) is 4.79 Å². The molecule has 0 spiro atoms. The Morgan fingerprint density at radius 3 is 3.05 bits per heavy atom. The van der Waals surface area contributed by atoms with E-state index in [0.717, 1.165) is 5.56 Å². The summed E-state index contributed by atoms with van der Waals surface area (Å²) in [6.07, 6.45) is 4.96. The maximum absolute atomic E-state index is 12.0. The van der Waals surface area contributed by atoms with Crippen LogP contribution in [0.4, 0.5) is 0 Å². The number of nitrogens with one attached hydrogen (secondary N) is 1. The van der Waals surface area contributed by atoms with Crippen molar-refractivity contribution in [3.05, 3.63) is 46.6 Å². The smallest absolute Gasteiger partial charge is 0.262 e. The summed E-state index contributed by atoms with van der Waals surface area (Å²) >= 11 is 1.42. The van der Waals surface area contributed by atoms with Crippen LogP contribution < -0.4 is 5.56 Å². The Bertz CT molecular complexity index is 799. The minimum absolute atomic E-state index is 0.0522. The number of aromatic nitrogens is 5. The second-order valence-electron chi connectivity index (χ2n) is 4.35. The third-order valence-electron chi connectivity index (χ3n) is 2.89. The van der Waals surface area contributed by atoms with Crippen LogP contribution >= 0.6 is 11.8 Å². The molecule has 0 saturated carbocycles. The first kappa shape index (κ1) is 13.8. The topological polar surface area (TPSA) is 96.7 Å². The van der Waals surface area contributed by atoms with Crippen LogP contribution in [0, 0.1) is 0 Å². The Labute approximate surface area is 124 Å². The quantitative estimate of drug-likeness (QED) is 0.534. The largest absolute Gasteiger partial charge is 0.394 e. The molecule has 0 unspecified atom stereocenters. The number of pyridine rings is 1. The molecular weight excluding hydrogens is 290 g/mol. The molecule has 0 aliphatic rings. The lowest BCUT2D eigenvalue weighted by atomic mass is 10.3. The molecule has 0 aromatic carbocycles. The van der Waals surface area contributed by atoms with Gasteiger partial charge in [0.25, 0.3) is 5.56 Å². The van der Waals surface area contributed by atoms with Crippen LogP contribution in [0.1, 0.15) is 5.56 Å². The standard InChI is InChI=1S/C13H13N5O2S/c19-5-4-18-11-10(7-15-18)12(20)17-13(16-11)21-8-9-2-1-3-14-6-9/h1-3,6-7,19H,4-5,8H2,(H,16,17,20). The number of nitrogens with zero attached hydrogens (tertiary/aromatic N) is 4. The molecule has 0 saturated heterocycles. The van der Waals surface area contributed by atoms with Crippen molar-refractivity contribution in [2.75, 3.05) is 6.61 Å². The van der Waals surface area contributed by atoms with E-state index in [2.05, 4.69) is 20.1 Å². The van der Waals surface area contributed by atoms with E-state index in [0.29, 0.717) is 28.5 Å². The molecule has 0 fully saturated rings. The van der Waals surface area contributed by atoms with Gasteiger partial charge in [-0.1, -0.05) is 17.8 Å². The Kier molecular flexibility index (Phi) is 3.98. The summed E-state index contributed by atoms with van der Waals surface area (Å²) in [5, 5.41) is 14.0. The minimum atomic E-state index is -0.224. The van der Waals surface area contributed by atoms with E-state index in [1.807, 2.05) is 12.1 Å². The SMILES string of the molecule is O=c1[nH]c(SCc2cccnc2)nc2c1cnn2CCO. The predicted octanol–water partition coefficient (Wildman–Crippen LogP) is 0.799. The van der Waals surface area contributed by atoms with Crippen LogP contribution in [0.2, 0.25) is 0 Å². The molecule has 3 aromatic heterocycles. The summed E-state index contributed by atoms with van der Waals surface area (Å²) in [5.41, 5.74) is 1.31. The van der Waals surface area contributed by atoms with Crippen molar-refractivity contribution in [3.8, 4) is 0 Å². The Hall–Kier alpha value is -2.19. The van der Waals surface area contributed by atoms with Gasteiger partial charge in [0.2, 0.25) is 0 Å². The fourth-order valence-electron chi connectivity index (χ4n) is 1.91. The second-order valence-corrected chi connectivity index (χ2v) is 5.31. The third-order valence-corrected chi connectivity index (χ3v) is 3.84. The molecule has 0 radical (unpaired) electrons. The molecule has 0 aliphatic carbocycles. The van der Waals surface area contributed by atoms with Gasteiger partial charge in [-0.2, -0.15) is 5.10 Å². The molecule has 21 heavy (non-hydrogen) atoms. The Morgan fingerprint density at radius 1 is 1.38 bits per heavy atom. The number of H-pyrrole nitrogens is 1. The van der Waals surface area contributed by atoms with Gasteiger partial charge in [0.1, 0.15) is 5.39 Å². The number of hydrogen-bond acceptors (Lipinski definition) is 6. The van der Waals surface area contributed by atoms with Gasteiger partial charge >= 0.3 is 0 Å². The molecule has 8 heteroatoms. The molecule has 0 amide bonds. The molecule has 0 bridgehead atoms. The van der Waals surface area contributed by atoms with E-state index >= 15 is 0 Å². The predicted molar refractivity (Wildman–Crippen MR) is 79.0 cm³/mol. The summed E-state index contributed by atoms with van der Waals surface area (Å²) in [7, 11) is 0. The highest BCUT2D eigenvalue weighted by Gasteiger charge is 2.10. The lowest BCUT2D eigenvalue weighted by molar-refractivity contribution is 0.271. The molecule has 0 aliphatic heterocycles. The van der Waals surface area contributed by atoms with E-state index in [1.165, 1.54) is 22.6 Å². The number of thioether (sulfide) groups is 1. The first-order valence-electron chi connectivity index (χ1n) is 6.36. The van der Waals surface area contributed by atoms with Crippen molar-refractivity contribution in [2.24, 2.45) is 0 Å². The van der Waals surface area contributed by atoms with E-state index < -0.39 is 0 Å². The third kappa shape index (κ3) is 2.96. The lowest BCUT2D eigenvalue weighted by Crippen LogP contribution is -2.11. The highest BCUT2D eigenvalue weighted by atomic mass is 32.2. The number of aromatic amines is 1. The van der Waals surface area contributed by atoms with Gasteiger partial charge < -0.3 is 10.1 Å². The van der Waals surface area contributed by atoms with Crippen LogP contribution in [0.25, 0.3) is 11.0 Å². The zero-order chi connectivity index (χ0) is 14.7. The van der Waals surface area contributed by atoms with Crippen molar-refractivity contribution in [2.45, 2.75) is 17.5 Å². The first-order valence-corrected chi connectivity index (χ1v) is 7.35. The van der Waals surface area contributed by atoms with Crippen molar-refractivity contribution >= 4 is 22.8 Å². The number of hydrogen-bond donors (Lipinski definition) is 2. The highest BCUT2D eigenvalue weighted by Crippen LogP contribution is 2.19. The van der Waals surface area contributed by atoms with Crippen LogP contribution in [0.15, 0.2) is 40.7 Å². The van der Waals surface area contributed by atoms with Gasteiger partial charge in [0, 0.05) is 18.1 Å². The van der Waals surface area contributed by atoms with Crippen molar-refractivity contribution in [1.29, 1.82) is 0 Å². The van der Waals surface area contributed by atoms with Crippen molar-refractivity contribution < 1.29 is 5.11 Å². The van der Waals surface area contributed by atoms with E-state index in [1.54, 1.807) is 12.4 Å². The number of aliphatic hydroxyl groups excluding tert-OH is 1. The average Bonchev–Trinajstić information content (AvgIpc) is 2.90. The number of aliphatic hydroxyl groups is 1. The summed E-state index contributed by atoms with van der Waals surface area (Å²) in [4.78, 5) is 23.2. The maximum Gasteiger partial charge on any atom is 0.262 e. The number of fused-ring (bicyclic) bond motifs is 1. The van der Waals surface area contributed by atoms with Gasteiger partial charge in [-0.05, 0) is 11.6 Å².